The highest BCUT2D eigenvalue weighted by molar-refractivity contribution is 6.49. The molecule has 0 radical (unpaired) electrons. The average molecular weight is 862 g/mol. The van der Waals surface area contributed by atoms with Gasteiger partial charge in [-0.25, -0.2) is 15.0 Å². The molecule has 0 saturated heterocycles. The Morgan fingerprint density at radius 3 is 0.788 bits per heavy atom. The summed E-state index contributed by atoms with van der Waals surface area (Å²) in [6.07, 6.45) is 0. The molecule has 0 atom stereocenters. The Morgan fingerprint density at radius 2 is 0.515 bits per heavy atom. The summed E-state index contributed by atoms with van der Waals surface area (Å²) in [7, 11) is 10.1. The highest BCUT2D eigenvalue weighted by atomic mass is 16.5. The lowest BCUT2D eigenvalue weighted by Gasteiger charge is -2.28. The fourth-order valence-electron chi connectivity index (χ4n) is 11.1. The molecular weight excluding hydrogens is 823 g/mol. The first kappa shape index (κ1) is 38.1. The number of ether oxygens (including phenoxy) is 6. The summed E-state index contributed by atoms with van der Waals surface area (Å²) in [5, 5.41) is 13.9. The van der Waals surface area contributed by atoms with Crippen molar-refractivity contribution < 1.29 is 28.4 Å². The van der Waals surface area contributed by atoms with E-state index in [-0.39, 0.29) is 0 Å². The number of aromatic nitrogens is 3. The molecule has 66 heavy (non-hydrogen) atoms. The van der Waals surface area contributed by atoms with Crippen molar-refractivity contribution in [3.8, 4) is 68.3 Å². The largest absolute Gasteiger partial charge is 0.492 e. The first-order valence-corrected chi connectivity index (χ1v) is 21.7. The lowest BCUT2D eigenvalue weighted by atomic mass is 9.81. The average Bonchev–Trinajstić information content (AvgIpc) is 3.37. The molecule has 0 aliphatic rings. The number of pyridine rings is 3. The van der Waals surface area contributed by atoms with E-state index in [4.69, 9.17) is 43.4 Å². The van der Waals surface area contributed by atoms with Crippen molar-refractivity contribution in [3.63, 3.8) is 0 Å². The number of benzene rings is 10. The molecule has 0 unspecified atom stereocenters. The van der Waals surface area contributed by atoms with E-state index in [1.54, 1.807) is 42.7 Å². The molecule has 10 aromatic carbocycles. The van der Waals surface area contributed by atoms with E-state index in [0.717, 1.165) is 97.5 Å². The summed E-state index contributed by atoms with van der Waals surface area (Å²) in [6.45, 7) is 0. The maximum absolute atomic E-state index is 6.58. The molecule has 0 saturated carbocycles. The zero-order chi connectivity index (χ0) is 44.5. The van der Waals surface area contributed by atoms with Gasteiger partial charge in [0.05, 0.1) is 75.9 Å². The molecule has 0 fully saturated rings. The molecule has 0 spiro atoms. The van der Waals surface area contributed by atoms with Gasteiger partial charge in [0.2, 0.25) is 0 Å². The van der Waals surface area contributed by atoms with Gasteiger partial charge in [-0.15, -0.1) is 0 Å². The quantitative estimate of drug-likeness (QED) is 0.104. The molecule has 0 bridgehead atoms. The summed E-state index contributed by atoms with van der Waals surface area (Å²) in [5.74, 6) is 2.98. The van der Waals surface area contributed by atoms with E-state index in [2.05, 4.69) is 127 Å². The second kappa shape index (κ2) is 14.0. The Kier molecular flexibility index (Phi) is 8.09. The van der Waals surface area contributed by atoms with E-state index >= 15 is 0 Å². The van der Waals surface area contributed by atoms with Gasteiger partial charge in [-0.3, -0.25) is 0 Å². The van der Waals surface area contributed by atoms with E-state index in [9.17, 15) is 0 Å². The van der Waals surface area contributed by atoms with Crippen LogP contribution in [0.4, 0.5) is 0 Å². The second-order valence-electron chi connectivity index (χ2n) is 16.6. The third kappa shape index (κ3) is 4.75. The molecule has 0 N–H and O–H groups in total. The molecule has 9 heteroatoms. The van der Waals surface area contributed by atoms with Crippen molar-refractivity contribution in [1.82, 2.24) is 15.0 Å². The van der Waals surface area contributed by atoms with Gasteiger partial charge < -0.3 is 28.4 Å². The molecule has 0 amide bonds. The molecule has 3 heterocycles. The van der Waals surface area contributed by atoms with Gasteiger partial charge in [-0.1, -0.05) is 127 Å². The topological polar surface area (TPSA) is 94.1 Å². The standard InChI is InChI=1S/C57H39N3O6/c1-61-52-43-37-40-38-42-39-41(37)50(58-46(43)34-25-13-19-28-16-7-10-22-31(28)34)56(65-5)54(63-3)45(39)48(36-27-15-21-30-18-9-12-24-33(30)36)60-51(42)57(66-6)53(62-2)44(38)47(59-49(40)55(52)64-4)35-26-14-20-29-17-8-11-23-32(29)35/h7-27H,1-6H3. The van der Waals surface area contributed by atoms with E-state index < -0.39 is 0 Å². The minimum absolute atomic E-state index is 0.481. The lowest BCUT2D eigenvalue weighted by molar-refractivity contribution is 0.360. The minimum atomic E-state index is 0.481. The number of hydrogen-bond acceptors (Lipinski definition) is 9. The SMILES string of the molecule is COc1c(OC)c2c(-c3cccc4ccccc34)nc3c(OC)c(OC)c4c(-c5cccc6ccccc56)nc5c(OC)c(OC)c6c(-c7cccc8ccccc78)nc1c1c6c5c4c3c21. The smallest absolute Gasteiger partial charge is 0.187 e. The number of nitrogens with zero attached hydrogens (tertiary/aromatic N) is 3. The van der Waals surface area contributed by atoms with Crippen LogP contribution in [0.3, 0.4) is 0 Å². The number of hydrogen-bond donors (Lipinski definition) is 0. The molecule has 13 rings (SSSR count). The van der Waals surface area contributed by atoms with Gasteiger partial charge >= 0.3 is 0 Å². The number of fused-ring (bicyclic) bond motifs is 3. The third-order valence-corrected chi connectivity index (χ3v) is 13.6. The Hall–Kier alpha value is -8.43. The minimum Gasteiger partial charge on any atom is -0.492 e. The maximum Gasteiger partial charge on any atom is 0.187 e. The fraction of sp³-hybridized carbons (Fsp3) is 0.105. The number of methoxy groups -OCH3 is 6. The summed E-state index contributed by atoms with van der Waals surface area (Å²) < 4.78 is 39.3. The molecule has 318 valence electrons. The normalized spacial score (nSPS) is 12.1. The third-order valence-electron chi connectivity index (χ3n) is 13.6. The predicted molar refractivity (Wildman–Crippen MR) is 267 cm³/mol. The van der Waals surface area contributed by atoms with Crippen LogP contribution in [0, 0.1) is 0 Å². The van der Waals surface area contributed by atoms with Crippen LogP contribution in [-0.4, -0.2) is 57.6 Å². The zero-order valence-corrected chi connectivity index (χ0v) is 36.9. The van der Waals surface area contributed by atoms with Crippen LogP contribution in [0.1, 0.15) is 0 Å². The highest BCUT2D eigenvalue weighted by Gasteiger charge is 2.37. The van der Waals surface area contributed by atoms with Crippen LogP contribution in [0.5, 0.6) is 34.5 Å². The van der Waals surface area contributed by atoms with Gasteiger partial charge in [-0.2, -0.15) is 0 Å². The van der Waals surface area contributed by atoms with Gasteiger partial charge in [0.15, 0.2) is 34.5 Å². The van der Waals surface area contributed by atoms with Gasteiger partial charge in [0.25, 0.3) is 0 Å². The van der Waals surface area contributed by atoms with Crippen LogP contribution in [0.2, 0.25) is 0 Å². The summed E-state index contributed by atoms with van der Waals surface area (Å²) >= 11 is 0. The molecule has 0 aliphatic carbocycles. The molecular formula is C57H39N3O6. The maximum atomic E-state index is 6.58. The van der Waals surface area contributed by atoms with Gasteiger partial charge in [0, 0.05) is 49.0 Å². The Morgan fingerprint density at radius 1 is 0.258 bits per heavy atom. The Balaban J connectivity index is 1.40. The molecule has 9 nitrogen and oxygen atoms in total. The van der Waals surface area contributed by atoms with Crippen LogP contribution in [-0.2, 0) is 0 Å². The second-order valence-corrected chi connectivity index (χ2v) is 16.6. The first-order valence-electron chi connectivity index (χ1n) is 21.7. The van der Waals surface area contributed by atoms with Crippen LogP contribution in [0.15, 0.2) is 127 Å². The van der Waals surface area contributed by atoms with Crippen molar-refractivity contribution in [2.45, 2.75) is 0 Å². The van der Waals surface area contributed by atoms with Gasteiger partial charge in [0.1, 0.15) is 16.6 Å². The van der Waals surface area contributed by atoms with Crippen LogP contribution >= 0.6 is 0 Å². The van der Waals surface area contributed by atoms with Crippen LogP contribution in [0.25, 0.3) is 131 Å². The van der Waals surface area contributed by atoms with Crippen LogP contribution < -0.4 is 28.4 Å². The summed E-state index contributed by atoms with van der Waals surface area (Å²) in [4.78, 5) is 17.1. The molecule has 13 aromatic rings. The van der Waals surface area contributed by atoms with E-state index in [1.165, 1.54) is 0 Å². The molecule has 3 aromatic heterocycles. The Labute approximate surface area is 377 Å². The number of rotatable bonds is 9. The first-order chi connectivity index (χ1) is 32.5. The monoisotopic (exact) mass is 861 g/mol. The zero-order valence-electron chi connectivity index (χ0n) is 36.9. The lowest BCUT2D eigenvalue weighted by Crippen LogP contribution is -2.07. The molecule has 0 aliphatic heterocycles. The van der Waals surface area contributed by atoms with E-state index in [0.29, 0.717) is 68.1 Å². The van der Waals surface area contributed by atoms with Crippen molar-refractivity contribution >= 4 is 97.3 Å². The summed E-state index contributed by atoms with van der Waals surface area (Å²) in [5.41, 5.74) is 6.70. The van der Waals surface area contributed by atoms with Crippen molar-refractivity contribution in [2.24, 2.45) is 0 Å². The van der Waals surface area contributed by atoms with E-state index in [1.807, 2.05) is 0 Å². The highest BCUT2D eigenvalue weighted by Crippen LogP contribution is 2.62. The van der Waals surface area contributed by atoms with Gasteiger partial charge in [-0.05, 0) is 32.3 Å². The predicted octanol–water partition coefficient (Wildman–Crippen LogP) is 13.6. The fourth-order valence-corrected chi connectivity index (χ4v) is 11.1. The summed E-state index contributed by atoms with van der Waals surface area (Å²) in [6, 6.07) is 44.0. The van der Waals surface area contributed by atoms with Crippen molar-refractivity contribution in [3.05, 3.63) is 127 Å². The van der Waals surface area contributed by atoms with Crippen molar-refractivity contribution in [2.75, 3.05) is 42.7 Å². The Bertz CT molecular complexity index is 3680. The van der Waals surface area contributed by atoms with Crippen molar-refractivity contribution in [1.29, 1.82) is 0 Å².